The number of hydrogen-bond acceptors (Lipinski definition) is 4. The van der Waals surface area contributed by atoms with Crippen molar-refractivity contribution in [2.75, 3.05) is 20.3 Å². The molecular weight excluding hydrogens is 206 g/mol. The second kappa shape index (κ2) is 3.28. The largest absolute Gasteiger partial charge is 0.497 e. The van der Waals surface area contributed by atoms with Crippen LogP contribution in [0.25, 0.3) is 0 Å². The quantitative estimate of drug-likeness (QED) is 0.820. The van der Waals surface area contributed by atoms with Gasteiger partial charge in [0, 0.05) is 17.2 Å². The highest BCUT2D eigenvalue weighted by Gasteiger charge is 2.43. The lowest BCUT2D eigenvalue weighted by Gasteiger charge is -2.24. The minimum absolute atomic E-state index is 0.237. The molecule has 4 nitrogen and oxygen atoms in total. The molecule has 0 aromatic heterocycles. The first-order chi connectivity index (χ1) is 7.73. The fourth-order valence-electron chi connectivity index (χ4n) is 2.02. The predicted octanol–water partition coefficient (Wildman–Crippen LogP) is 1.41. The van der Waals surface area contributed by atoms with Crippen LogP contribution in [0.5, 0.6) is 17.2 Å². The first-order valence-corrected chi connectivity index (χ1v) is 5.50. The molecule has 4 heteroatoms. The van der Waals surface area contributed by atoms with Crippen molar-refractivity contribution in [3.8, 4) is 17.2 Å². The number of methoxy groups -OCH3 is 1. The second-order valence-corrected chi connectivity index (χ2v) is 4.36. The summed E-state index contributed by atoms with van der Waals surface area (Å²) in [6, 6.07) is 3.81. The number of rotatable bonds is 2. The Morgan fingerprint density at radius 2 is 2.00 bits per heavy atom. The number of nitrogens with two attached hydrogens (primary N) is 1. The molecule has 1 aliphatic heterocycles. The summed E-state index contributed by atoms with van der Waals surface area (Å²) < 4.78 is 16.5. The van der Waals surface area contributed by atoms with Gasteiger partial charge < -0.3 is 19.9 Å². The molecule has 1 heterocycles. The molecule has 16 heavy (non-hydrogen) atoms. The Labute approximate surface area is 94.3 Å². The monoisotopic (exact) mass is 221 g/mol. The van der Waals surface area contributed by atoms with Gasteiger partial charge in [0.25, 0.3) is 0 Å². The van der Waals surface area contributed by atoms with E-state index in [0.717, 1.165) is 35.7 Å². The van der Waals surface area contributed by atoms with Crippen molar-refractivity contribution in [1.82, 2.24) is 0 Å². The van der Waals surface area contributed by atoms with Gasteiger partial charge in [0.15, 0.2) is 11.5 Å². The molecule has 0 saturated heterocycles. The summed E-state index contributed by atoms with van der Waals surface area (Å²) in [5, 5.41) is 0. The average Bonchev–Trinajstić information content (AvgIpc) is 3.07. The normalized spacial score (nSPS) is 20.4. The maximum Gasteiger partial charge on any atom is 0.166 e. The lowest BCUT2D eigenvalue weighted by molar-refractivity contribution is 0.168. The van der Waals surface area contributed by atoms with E-state index in [1.165, 1.54) is 0 Å². The Morgan fingerprint density at radius 3 is 2.69 bits per heavy atom. The van der Waals surface area contributed by atoms with Crippen molar-refractivity contribution in [1.29, 1.82) is 0 Å². The Morgan fingerprint density at radius 1 is 1.25 bits per heavy atom. The molecule has 3 rings (SSSR count). The van der Waals surface area contributed by atoms with Gasteiger partial charge in [-0.25, -0.2) is 0 Å². The third-order valence-corrected chi connectivity index (χ3v) is 3.18. The molecule has 0 atom stereocenters. The zero-order chi connectivity index (χ0) is 11.2. The lowest BCUT2D eigenvalue weighted by Crippen LogP contribution is -2.23. The van der Waals surface area contributed by atoms with Crippen molar-refractivity contribution < 1.29 is 14.2 Å². The third-order valence-electron chi connectivity index (χ3n) is 3.18. The van der Waals surface area contributed by atoms with Gasteiger partial charge >= 0.3 is 0 Å². The van der Waals surface area contributed by atoms with E-state index in [1.807, 2.05) is 12.1 Å². The highest BCUT2D eigenvalue weighted by molar-refractivity contribution is 5.56. The van der Waals surface area contributed by atoms with E-state index >= 15 is 0 Å². The van der Waals surface area contributed by atoms with Crippen molar-refractivity contribution >= 4 is 0 Å². The van der Waals surface area contributed by atoms with Gasteiger partial charge in [-0.15, -0.1) is 0 Å². The minimum Gasteiger partial charge on any atom is -0.497 e. The molecule has 0 amide bonds. The molecule has 0 bridgehead atoms. The zero-order valence-corrected chi connectivity index (χ0v) is 9.29. The molecule has 2 N–H and O–H groups in total. The molecule has 1 fully saturated rings. The van der Waals surface area contributed by atoms with Crippen LogP contribution in [-0.2, 0) is 5.54 Å². The van der Waals surface area contributed by atoms with E-state index in [1.54, 1.807) is 7.11 Å². The van der Waals surface area contributed by atoms with Crippen LogP contribution in [0.4, 0.5) is 0 Å². The highest BCUT2D eigenvalue weighted by atomic mass is 16.6. The number of benzene rings is 1. The lowest BCUT2D eigenvalue weighted by atomic mass is 10.0. The van der Waals surface area contributed by atoms with Crippen LogP contribution < -0.4 is 19.9 Å². The second-order valence-electron chi connectivity index (χ2n) is 4.36. The van der Waals surface area contributed by atoms with Gasteiger partial charge in [0.2, 0.25) is 0 Å². The van der Waals surface area contributed by atoms with Crippen LogP contribution in [0.1, 0.15) is 18.4 Å². The van der Waals surface area contributed by atoms with Crippen LogP contribution >= 0.6 is 0 Å². The van der Waals surface area contributed by atoms with Gasteiger partial charge in [-0.05, 0) is 18.9 Å². The molecule has 0 radical (unpaired) electrons. The fourth-order valence-corrected chi connectivity index (χ4v) is 2.02. The predicted molar refractivity (Wildman–Crippen MR) is 59.1 cm³/mol. The Balaban J connectivity index is 2.13. The SMILES string of the molecule is COc1cc2c(c(C3(N)CC3)c1)OCCO2. The van der Waals surface area contributed by atoms with Crippen LogP contribution in [0.2, 0.25) is 0 Å². The van der Waals surface area contributed by atoms with Gasteiger partial charge in [-0.3, -0.25) is 0 Å². The van der Waals surface area contributed by atoms with Gasteiger partial charge in [0.1, 0.15) is 19.0 Å². The number of hydrogen-bond donors (Lipinski definition) is 1. The standard InChI is InChI=1S/C12H15NO3/c1-14-8-6-9(12(13)2-3-12)11-10(7-8)15-4-5-16-11/h6-7H,2-5,13H2,1H3. The van der Waals surface area contributed by atoms with E-state index in [-0.39, 0.29) is 5.54 Å². The van der Waals surface area contributed by atoms with E-state index in [9.17, 15) is 0 Å². The summed E-state index contributed by atoms with van der Waals surface area (Å²) >= 11 is 0. The Bertz CT molecular complexity index is 427. The Hall–Kier alpha value is -1.42. The summed E-state index contributed by atoms with van der Waals surface area (Å²) in [6.07, 6.45) is 1.99. The molecule has 1 aromatic carbocycles. The summed E-state index contributed by atoms with van der Waals surface area (Å²) in [6.45, 7) is 1.17. The third kappa shape index (κ3) is 1.41. The topological polar surface area (TPSA) is 53.7 Å². The Kier molecular flexibility index (Phi) is 2.01. The van der Waals surface area contributed by atoms with Crippen molar-refractivity contribution in [2.24, 2.45) is 5.73 Å². The van der Waals surface area contributed by atoms with E-state index in [0.29, 0.717) is 13.2 Å². The fraction of sp³-hybridized carbons (Fsp3) is 0.500. The van der Waals surface area contributed by atoms with Crippen molar-refractivity contribution in [3.05, 3.63) is 17.7 Å². The number of ether oxygens (including phenoxy) is 3. The molecular formula is C12H15NO3. The van der Waals surface area contributed by atoms with E-state index < -0.39 is 0 Å². The molecule has 0 unspecified atom stereocenters. The van der Waals surface area contributed by atoms with Gasteiger partial charge in [-0.2, -0.15) is 0 Å². The molecule has 2 aliphatic rings. The maximum absolute atomic E-state index is 6.22. The summed E-state index contributed by atoms with van der Waals surface area (Å²) in [5.74, 6) is 2.32. The summed E-state index contributed by atoms with van der Waals surface area (Å²) in [4.78, 5) is 0. The minimum atomic E-state index is -0.237. The maximum atomic E-state index is 6.22. The average molecular weight is 221 g/mol. The molecule has 86 valence electrons. The summed E-state index contributed by atoms with van der Waals surface area (Å²) in [5.41, 5.74) is 7.00. The molecule has 1 saturated carbocycles. The van der Waals surface area contributed by atoms with Crippen molar-refractivity contribution in [2.45, 2.75) is 18.4 Å². The van der Waals surface area contributed by atoms with E-state index in [2.05, 4.69) is 0 Å². The first-order valence-electron chi connectivity index (χ1n) is 5.50. The van der Waals surface area contributed by atoms with Crippen molar-refractivity contribution in [3.63, 3.8) is 0 Å². The molecule has 1 aliphatic carbocycles. The van der Waals surface area contributed by atoms with Gasteiger partial charge in [-0.1, -0.05) is 0 Å². The first kappa shape index (κ1) is 9.78. The molecule has 1 aromatic rings. The van der Waals surface area contributed by atoms with Crippen LogP contribution in [0.3, 0.4) is 0 Å². The van der Waals surface area contributed by atoms with Gasteiger partial charge in [0.05, 0.1) is 7.11 Å². The molecule has 0 spiro atoms. The number of fused-ring (bicyclic) bond motifs is 1. The van der Waals surface area contributed by atoms with E-state index in [4.69, 9.17) is 19.9 Å². The smallest absolute Gasteiger partial charge is 0.166 e. The van der Waals surface area contributed by atoms with Crippen LogP contribution in [0.15, 0.2) is 12.1 Å². The van der Waals surface area contributed by atoms with Crippen LogP contribution in [-0.4, -0.2) is 20.3 Å². The highest BCUT2D eigenvalue weighted by Crippen LogP contribution is 2.51. The zero-order valence-electron chi connectivity index (χ0n) is 9.29. The summed E-state index contributed by atoms with van der Waals surface area (Å²) in [7, 11) is 1.64. The van der Waals surface area contributed by atoms with Crippen LogP contribution in [0, 0.1) is 0 Å².